The average Bonchev–Trinajstić information content (AvgIpc) is 3.42. The second-order valence-electron chi connectivity index (χ2n) is 7.56. The smallest absolute Gasteiger partial charge is 0.255 e. The molecule has 0 bridgehead atoms. The first-order chi connectivity index (χ1) is 13.7. The largest absolute Gasteiger partial charge is 0.345 e. The van der Waals surface area contributed by atoms with Gasteiger partial charge in [0.1, 0.15) is 0 Å². The fourth-order valence-electron chi connectivity index (χ4n) is 4.21. The summed E-state index contributed by atoms with van der Waals surface area (Å²) in [6, 6.07) is 12.5. The van der Waals surface area contributed by atoms with E-state index in [4.69, 9.17) is 0 Å². The Bertz CT molecular complexity index is 1050. The molecule has 0 radical (unpaired) electrons. The molecule has 2 aliphatic rings. The number of likely N-dealkylation sites (tertiary alicyclic amines) is 1. The van der Waals surface area contributed by atoms with Gasteiger partial charge >= 0.3 is 0 Å². The minimum absolute atomic E-state index is 0.0318. The lowest BCUT2D eigenvalue weighted by atomic mass is 10.0. The Morgan fingerprint density at radius 2 is 1.86 bits per heavy atom. The van der Waals surface area contributed by atoms with Crippen LogP contribution in [0.15, 0.2) is 48.8 Å². The predicted octanol–water partition coefficient (Wildman–Crippen LogP) is 2.11. The molecule has 3 heterocycles. The Morgan fingerprint density at radius 3 is 2.68 bits per heavy atom. The van der Waals surface area contributed by atoms with Crippen LogP contribution in [0.1, 0.15) is 20.7 Å². The van der Waals surface area contributed by atoms with Gasteiger partial charge in [-0.1, -0.05) is 6.07 Å². The zero-order chi connectivity index (χ0) is 19.1. The molecule has 2 fully saturated rings. The van der Waals surface area contributed by atoms with Crippen LogP contribution in [0.2, 0.25) is 0 Å². The monoisotopic (exact) mass is 375 g/mol. The highest BCUT2D eigenvalue weighted by molar-refractivity contribution is 6.06. The number of rotatable bonds is 3. The number of amides is 2. The fourth-order valence-corrected chi connectivity index (χ4v) is 4.21. The van der Waals surface area contributed by atoms with E-state index in [-0.39, 0.29) is 11.8 Å². The van der Waals surface area contributed by atoms with Crippen molar-refractivity contribution in [1.29, 1.82) is 0 Å². The van der Waals surface area contributed by atoms with E-state index in [0.29, 0.717) is 28.7 Å². The summed E-state index contributed by atoms with van der Waals surface area (Å²) in [5, 5.41) is 6.27. The van der Waals surface area contributed by atoms with Gasteiger partial charge in [-0.25, -0.2) is 4.98 Å². The van der Waals surface area contributed by atoms with Crippen LogP contribution < -0.4 is 10.6 Å². The molecule has 7 heteroatoms. The van der Waals surface area contributed by atoms with Crippen LogP contribution in [-0.2, 0) is 0 Å². The molecule has 0 spiro atoms. The van der Waals surface area contributed by atoms with Gasteiger partial charge in [-0.05, 0) is 48.2 Å². The van der Waals surface area contributed by atoms with Gasteiger partial charge in [-0.15, -0.1) is 0 Å². The van der Waals surface area contributed by atoms with Crippen molar-refractivity contribution in [3.63, 3.8) is 0 Å². The lowest BCUT2D eigenvalue weighted by Crippen LogP contribution is -2.31. The number of imidazole rings is 1. The summed E-state index contributed by atoms with van der Waals surface area (Å²) in [6.07, 6.45) is 1.60. The number of carbonyl (C=O) groups excluding carboxylic acids is 2. The molecular weight excluding hydrogens is 354 g/mol. The van der Waals surface area contributed by atoms with Crippen molar-refractivity contribution >= 4 is 28.5 Å². The minimum Gasteiger partial charge on any atom is -0.345 e. The maximum Gasteiger partial charge on any atom is 0.255 e. The number of aromatic nitrogens is 2. The molecule has 7 nitrogen and oxygen atoms in total. The summed E-state index contributed by atoms with van der Waals surface area (Å²) in [4.78, 5) is 34.6. The molecule has 2 saturated heterocycles. The van der Waals surface area contributed by atoms with E-state index >= 15 is 0 Å². The maximum atomic E-state index is 12.9. The molecule has 142 valence electrons. The van der Waals surface area contributed by atoms with Crippen molar-refractivity contribution < 1.29 is 9.59 Å². The number of nitrogens with zero attached hydrogens (tertiary/aromatic N) is 2. The number of benzene rings is 2. The molecule has 3 N–H and O–H groups in total. The fraction of sp³-hybridized carbons (Fsp3) is 0.286. The van der Waals surface area contributed by atoms with Gasteiger partial charge in [0, 0.05) is 43.0 Å². The molecule has 0 aliphatic carbocycles. The minimum atomic E-state index is -0.220. The van der Waals surface area contributed by atoms with Crippen molar-refractivity contribution in [2.45, 2.75) is 0 Å². The first-order valence-electron chi connectivity index (χ1n) is 9.52. The molecule has 2 amide bonds. The van der Waals surface area contributed by atoms with Crippen molar-refractivity contribution in [2.75, 3.05) is 31.5 Å². The number of carbonyl (C=O) groups is 2. The summed E-state index contributed by atoms with van der Waals surface area (Å²) in [5.74, 6) is 0.931. The quantitative estimate of drug-likeness (QED) is 0.654. The molecule has 2 atom stereocenters. The van der Waals surface area contributed by atoms with E-state index in [9.17, 15) is 9.59 Å². The van der Waals surface area contributed by atoms with Crippen molar-refractivity contribution in [3.8, 4) is 0 Å². The Hall–Kier alpha value is -3.19. The number of hydrogen-bond donors (Lipinski definition) is 3. The van der Waals surface area contributed by atoms with Crippen LogP contribution in [0.4, 0.5) is 5.69 Å². The van der Waals surface area contributed by atoms with Crippen LogP contribution in [0.3, 0.4) is 0 Å². The topological polar surface area (TPSA) is 90.1 Å². The summed E-state index contributed by atoms with van der Waals surface area (Å²) >= 11 is 0. The van der Waals surface area contributed by atoms with Crippen molar-refractivity contribution in [3.05, 3.63) is 59.9 Å². The van der Waals surface area contributed by atoms with Gasteiger partial charge in [-0.2, -0.15) is 0 Å². The summed E-state index contributed by atoms with van der Waals surface area (Å²) in [6.45, 7) is 3.59. The molecule has 0 unspecified atom stereocenters. The summed E-state index contributed by atoms with van der Waals surface area (Å²) in [7, 11) is 0. The Morgan fingerprint density at radius 1 is 1.04 bits per heavy atom. The van der Waals surface area contributed by atoms with Crippen LogP contribution in [0.25, 0.3) is 11.0 Å². The second kappa shape index (κ2) is 6.76. The Labute approximate surface area is 162 Å². The van der Waals surface area contributed by atoms with Gasteiger partial charge in [0.15, 0.2) is 0 Å². The van der Waals surface area contributed by atoms with Crippen LogP contribution in [0.5, 0.6) is 0 Å². The Kier molecular flexibility index (Phi) is 4.09. The zero-order valence-corrected chi connectivity index (χ0v) is 15.3. The van der Waals surface area contributed by atoms with Gasteiger partial charge in [0.25, 0.3) is 11.8 Å². The lowest BCUT2D eigenvalue weighted by Gasteiger charge is -2.18. The van der Waals surface area contributed by atoms with E-state index < -0.39 is 0 Å². The molecule has 28 heavy (non-hydrogen) atoms. The van der Waals surface area contributed by atoms with Gasteiger partial charge in [0.2, 0.25) is 0 Å². The number of nitrogens with one attached hydrogen (secondary N) is 3. The molecule has 1 aromatic heterocycles. The third kappa shape index (κ3) is 3.03. The molecule has 2 aliphatic heterocycles. The normalized spacial score (nSPS) is 21.1. The van der Waals surface area contributed by atoms with E-state index in [0.717, 1.165) is 37.2 Å². The van der Waals surface area contributed by atoms with Crippen molar-refractivity contribution in [1.82, 2.24) is 20.2 Å². The summed E-state index contributed by atoms with van der Waals surface area (Å²) < 4.78 is 0. The highest BCUT2D eigenvalue weighted by Gasteiger charge is 2.38. The SMILES string of the molecule is O=C(Nc1cccc(C(=O)N2C[C@H]3CNC[C@H]3C2)c1)c1ccc2nc[nH]c2c1. The molecule has 0 saturated carbocycles. The highest BCUT2D eigenvalue weighted by Crippen LogP contribution is 2.28. The van der Waals surface area contributed by atoms with Crippen LogP contribution in [-0.4, -0.2) is 52.9 Å². The second-order valence-corrected chi connectivity index (χ2v) is 7.56. The number of anilines is 1. The number of aromatic amines is 1. The number of fused-ring (bicyclic) bond motifs is 2. The average molecular weight is 375 g/mol. The van der Waals surface area contributed by atoms with Crippen molar-refractivity contribution in [2.24, 2.45) is 11.8 Å². The molecule has 5 rings (SSSR count). The third-order valence-electron chi connectivity index (χ3n) is 5.73. The third-order valence-corrected chi connectivity index (χ3v) is 5.73. The van der Waals surface area contributed by atoms with Crippen LogP contribution in [0, 0.1) is 11.8 Å². The van der Waals surface area contributed by atoms with Gasteiger partial charge < -0.3 is 20.5 Å². The summed E-state index contributed by atoms with van der Waals surface area (Å²) in [5.41, 5.74) is 3.38. The molecule has 2 aromatic carbocycles. The number of hydrogen-bond acceptors (Lipinski definition) is 4. The maximum absolute atomic E-state index is 12.9. The highest BCUT2D eigenvalue weighted by atomic mass is 16.2. The van der Waals surface area contributed by atoms with E-state index in [1.165, 1.54) is 0 Å². The standard InChI is InChI=1S/C21H21N5O2/c27-20(13-4-5-18-19(7-13)24-12-23-18)25-17-3-1-2-14(6-17)21(28)26-10-15-8-22-9-16(15)11-26/h1-7,12,15-16,22H,8-11H2,(H,23,24)(H,25,27)/t15-,16+. The zero-order valence-electron chi connectivity index (χ0n) is 15.3. The van der Waals surface area contributed by atoms with Gasteiger partial charge in [0.05, 0.1) is 17.4 Å². The molecule has 3 aromatic rings. The van der Waals surface area contributed by atoms with Gasteiger partial charge in [-0.3, -0.25) is 9.59 Å². The van der Waals surface area contributed by atoms with Crippen LogP contribution >= 0.6 is 0 Å². The lowest BCUT2D eigenvalue weighted by molar-refractivity contribution is 0.0781. The number of H-pyrrole nitrogens is 1. The van der Waals surface area contributed by atoms with E-state index in [1.54, 1.807) is 48.8 Å². The Balaban J connectivity index is 1.31. The first-order valence-corrected chi connectivity index (χ1v) is 9.52. The van der Waals surface area contributed by atoms with E-state index in [2.05, 4.69) is 20.6 Å². The van der Waals surface area contributed by atoms with E-state index in [1.807, 2.05) is 4.90 Å². The first kappa shape index (κ1) is 16.9. The predicted molar refractivity (Wildman–Crippen MR) is 106 cm³/mol. The molecular formula is C21H21N5O2.